The van der Waals surface area contributed by atoms with Gasteiger partial charge in [0.15, 0.2) is 0 Å². The molecule has 0 bridgehead atoms. The fraction of sp³-hybridized carbons (Fsp3) is 0.0769. The maximum Gasteiger partial charge on any atom is 0.269 e. The van der Waals surface area contributed by atoms with E-state index >= 15 is 0 Å². The Morgan fingerprint density at radius 2 is 1.78 bits per heavy atom. The molecular formula is C13H12N2O2S. The van der Waals surface area contributed by atoms with Crippen LogP contribution >= 0.6 is 11.3 Å². The first kappa shape index (κ1) is 12.3. The summed E-state index contributed by atoms with van der Waals surface area (Å²) in [6.45, 7) is 0. The average Bonchev–Trinajstić information content (AvgIpc) is 2.90. The van der Waals surface area contributed by atoms with Gasteiger partial charge < -0.3 is 0 Å². The van der Waals surface area contributed by atoms with E-state index in [1.165, 1.54) is 11.3 Å². The lowest BCUT2D eigenvalue weighted by Gasteiger charge is -2.06. The predicted octanol–water partition coefficient (Wildman–Crippen LogP) is 1.75. The summed E-state index contributed by atoms with van der Waals surface area (Å²) in [5.74, 6) is -0.558. The van der Waals surface area contributed by atoms with Crippen LogP contribution in [0.1, 0.15) is 15.2 Å². The molecule has 2 aromatic rings. The van der Waals surface area contributed by atoms with Gasteiger partial charge in [0.05, 0.1) is 6.42 Å². The van der Waals surface area contributed by atoms with Crippen LogP contribution in [0.15, 0.2) is 47.8 Å². The SMILES string of the molecule is O=C(Cc1cccs1)NNC(=O)c1ccccc1. The van der Waals surface area contributed by atoms with Gasteiger partial charge in [0.1, 0.15) is 0 Å². The van der Waals surface area contributed by atoms with Crippen molar-refractivity contribution in [2.45, 2.75) is 6.42 Å². The van der Waals surface area contributed by atoms with E-state index in [1.54, 1.807) is 24.3 Å². The van der Waals surface area contributed by atoms with Crippen LogP contribution in [-0.2, 0) is 11.2 Å². The first-order valence-corrected chi connectivity index (χ1v) is 6.30. The van der Waals surface area contributed by atoms with Crippen molar-refractivity contribution in [3.8, 4) is 0 Å². The summed E-state index contributed by atoms with van der Waals surface area (Å²) in [6.07, 6.45) is 0.271. The van der Waals surface area contributed by atoms with Crippen LogP contribution in [0, 0.1) is 0 Å². The molecule has 1 aromatic heterocycles. The summed E-state index contributed by atoms with van der Waals surface area (Å²) >= 11 is 1.51. The van der Waals surface area contributed by atoms with Crippen molar-refractivity contribution in [1.29, 1.82) is 0 Å². The molecule has 0 spiro atoms. The third-order valence-electron chi connectivity index (χ3n) is 2.27. The molecular weight excluding hydrogens is 248 g/mol. The van der Waals surface area contributed by atoms with E-state index < -0.39 is 0 Å². The Kier molecular flexibility index (Phi) is 4.09. The lowest BCUT2D eigenvalue weighted by Crippen LogP contribution is -2.42. The number of hydrogen-bond acceptors (Lipinski definition) is 3. The Bertz CT molecular complexity index is 523. The van der Waals surface area contributed by atoms with E-state index in [2.05, 4.69) is 10.9 Å². The summed E-state index contributed by atoms with van der Waals surface area (Å²) < 4.78 is 0. The number of benzene rings is 1. The van der Waals surface area contributed by atoms with Crippen molar-refractivity contribution >= 4 is 23.2 Å². The van der Waals surface area contributed by atoms with Crippen LogP contribution in [-0.4, -0.2) is 11.8 Å². The number of hydrazine groups is 1. The fourth-order valence-electron chi connectivity index (χ4n) is 1.40. The van der Waals surface area contributed by atoms with E-state index in [0.717, 1.165) is 4.88 Å². The van der Waals surface area contributed by atoms with Gasteiger partial charge in [-0.1, -0.05) is 24.3 Å². The largest absolute Gasteiger partial charge is 0.273 e. The molecule has 2 rings (SSSR count). The summed E-state index contributed by atoms with van der Waals surface area (Å²) in [4.78, 5) is 24.1. The quantitative estimate of drug-likeness (QED) is 0.826. The number of thiophene rings is 1. The third-order valence-corrected chi connectivity index (χ3v) is 3.14. The smallest absolute Gasteiger partial charge is 0.269 e. The molecule has 92 valence electrons. The minimum absolute atomic E-state index is 0.235. The first-order valence-electron chi connectivity index (χ1n) is 5.42. The summed E-state index contributed by atoms with van der Waals surface area (Å²) in [5, 5.41) is 1.91. The maximum absolute atomic E-state index is 11.6. The Balaban J connectivity index is 1.81. The van der Waals surface area contributed by atoms with Gasteiger partial charge in [-0.25, -0.2) is 0 Å². The molecule has 4 nitrogen and oxygen atoms in total. The Morgan fingerprint density at radius 3 is 2.44 bits per heavy atom. The van der Waals surface area contributed by atoms with Gasteiger partial charge in [-0.15, -0.1) is 11.3 Å². The average molecular weight is 260 g/mol. The minimum atomic E-state index is -0.324. The van der Waals surface area contributed by atoms with Crippen LogP contribution in [0.4, 0.5) is 0 Å². The first-order chi connectivity index (χ1) is 8.75. The fourth-order valence-corrected chi connectivity index (χ4v) is 2.11. The Morgan fingerprint density at radius 1 is 1.00 bits per heavy atom. The number of carbonyl (C=O) groups excluding carboxylic acids is 2. The monoisotopic (exact) mass is 260 g/mol. The molecule has 0 saturated heterocycles. The van der Waals surface area contributed by atoms with Crippen molar-refractivity contribution in [2.24, 2.45) is 0 Å². The molecule has 0 aliphatic carbocycles. The van der Waals surface area contributed by atoms with E-state index in [-0.39, 0.29) is 18.2 Å². The highest BCUT2D eigenvalue weighted by Crippen LogP contribution is 2.08. The molecule has 0 fully saturated rings. The lowest BCUT2D eigenvalue weighted by atomic mass is 10.2. The van der Waals surface area contributed by atoms with Crippen LogP contribution in [0.3, 0.4) is 0 Å². The minimum Gasteiger partial charge on any atom is -0.273 e. The topological polar surface area (TPSA) is 58.2 Å². The number of hydrogen-bond donors (Lipinski definition) is 2. The van der Waals surface area contributed by atoms with Crippen molar-refractivity contribution in [3.05, 3.63) is 58.3 Å². The standard InChI is InChI=1S/C13H12N2O2S/c16-12(9-11-7-4-8-18-11)14-15-13(17)10-5-2-1-3-6-10/h1-8H,9H2,(H,14,16)(H,15,17). The number of amides is 2. The molecule has 2 amide bonds. The molecule has 5 heteroatoms. The van der Waals surface area contributed by atoms with Crippen LogP contribution in [0.25, 0.3) is 0 Å². The second-order valence-corrected chi connectivity index (χ2v) is 4.66. The highest BCUT2D eigenvalue weighted by molar-refractivity contribution is 7.10. The van der Waals surface area contributed by atoms with E-state index in [0.29, 0.717) is 5.56 Å². The Hall–Kier alpha value is -2.14. The Labute approximate surface area is 109 Å². The lowest BCUT2D eigenvalue weighted by molar-refractivity contribution is -0.121. The van der Waals surface area contributed by atoms with Crippen LogP contribution in [0.2, 0.25) is 0 Å². The van der Waals surface area contributed by atoms with E-state index in [9.17, 15) is 9.59 Å². The van der Waals surface area contributed by atoms with Crippen molar-refractivity contribution < 1.29 is 9.59 Å². The van der Waals surface area contributed by atoms with Gasteiger partial charge in [-0.3, -0.25) is 20.4 Å². The second-order valence-electron chi connectivity index (χ2n) is 3.62. The zero-order chi connectivity index (χ0) is 12.8. The molecule has 0 aliphatic rings. The van der Waals surface area contributed by atoms with E-state index in [1.807, 2.05) is 23.6 Å². The summed E-state index contributed by atoms with van der Waals surface area (Å²) in [6, 6.07) is 12.5. The molecule has 1 heterocycles. The summed E-state index contributed by atoms with van der Waals surface area (Å²) in [7, 11) is 0. The zero-order valence-electron chi connectivity index (χ0n) is 9.55. The molecule has 2 N–H and O–H groups in total. The van der Waals surface area contributed by atoms with Gasteiger partial charge in [0.2, 0.25) is 5.91 Å². The summed E-state index contributed by atoms with van der Waals surface area (Å²) in [5.41, 5.74) is 5.27. The molecule has 0 radical (unpaired) electrons. The van der Waals surface area contributed by atoms with Gasteiger partial charge >= 0.3 is 0 Å². The molecule has 0 unspecified atom stereocenters. The van der Waals surface area contributed by atoms with Gasteiger partial charge in [-0.2, -0.15) is 0 Å². The normalized spacial score (nSPS) is 9.78. The predicted molar refractivity (Wildman–Crippen MR) is 70.1 cm³/mol. The molecule has 0 saturated carbocycles. The van der Waals surface area contributed by atoms with Gasteiger partial charge in [0, 0.05) is 10.4 Å². The molecule has 0 atom stereocenters. The van der Waals surface area contributed by atoms with Crippen LogP contribution < -0.4 is 10.9 Å². The zero-order valence-corrected chi connectivity index (χ0v) is 10.4. The number of rotatable bonds is 3. The van der Waals surface area contributed by atoms with E-state index in [4.69, 9.17) is 0 Å². The van der Waals surface area contributed by atoms with Crippen molar-refractivity contribution in [3.63, 3.8) is 0 Å². The highest BCUT2D eigenvalue weighted by atomic mass is 32.1. The highest BCUT2D eigenvalue weighted by Gasteiger charge is 2.07. The second kappa shape index (κ2) is 5.97. The maximum atomic E-state index is 11.6. The van der Waals surface area contributed by atoms with Crippen LogP contribution in [0.5, 0.6) is 0 Å². The third kappa shape index (κ3) is 3.43. The molecule has 18 heavy (non-hydrogen) atoms. The number of carbonyl (C=O) groups is 2. The molecule has 1 aromatic carbocycles. The number of nitrogens with one attached hydrogen (secondary N) is 2. The van der Waals surface area contributed by atoms with Crippen molar-refractivity contribution in [1.82, 2.24) is 10.9 Å². The molecule has 0 aliphatic heterocycles. The van der Waals surface area contributed by atoms with Gasteiger partial charge in [-0.05, 0) is 23.6 Å². The van der Waals surface area contributed by atoms with Crippen molar-refractivity contribution in [2.75, 3.05) is 0 Å². The van der Waals surface area contributed by atoms with Gasteiger partial charge in [0.25, 0.3) is 5.91 Å².